The van der Waals surface area contributed by atoms with Crippen LogP contribution in [0.2, 0.25) is 18.1 Å². The first-order valence-electron chi connectivity index (χ1n) is 17.2. The van der Waals surface area contributed by atoms with Crippen LogP contribution in [-0.2, 0) is 52.6 Å². The number of rotatable bonds is 16. The van der Waals surface area contributed by atoms with Crippen LogP contribution in [-0.4, -0.2) is 56.8 Å². The Hall–Kier alpha value is -3.99. The minimum Gasteiger partial charge on any atom is -0.461 e. The molecular formula is C40H55NO8Si. The summed E-state index contributed by atoms with van der Waals surface area (Å²) >= 11 is 0. The van der Waals surface area contributed by atoms with E-state index in [-0.39, 0.29) is 24.9 Å². The van der Waals surface area contributed by atoms with E-state index in [9.17, 15) is 14.4 Å². The molecule has 0 aliphatic rings. The number of carbonyl (C=O) groups excluding carboxylic acids is 3. The number of ether oxygens (including phenoxy) is 4. The second-order valence-electron chi connectivity index (χ2n) is 15.1. The summed E-state index contributed by atoms with van der Waals surface area (Å²) < 4.78 is 30.3. The Morgan fingerprint density at radius 2 is 1.22 bits per heavy atom. The third-order valence-electron chi connectivity index (χ3n) is 8.59. The van der Waals surface area contributed by atoms with Gasteiger partial charge in [-0.25, -0.2) is 9.59 Å². The average molecular weight is 706 g/mol. The van der Waals surface area contributed by atoms with Crippen molar-refractivity contribution >= 4 is 26.3 Å². The van der Waals surface area contributed by atoms with Gasteiger partial charge in [0.25, 0.3) is 0 Å². The first-order valence-corrected chi connectivity index (χ1v) is 20.1. The van der Waals surface area contributed by atoms with E-state index < -0.39 is 56.1 Å². The van der Waals surface area contributed by atoms with Crippen LogP contribution in [0, 0.1) is 5.92 Å². The Morgan fingerprint density at radius 1 is 0.720 bits per heavy atom. The van der Waals surface area contributed by atoms with Gasteiger partial charge in [0.2, 0.25) is 0 Å². The maximum Gasteiger partial charge on any atom is 0.408 e. The van der Waals surface area contributed by atoms with Gasteiger partial charge in [0.05, 0.1) is 25.2 Å². The van der Waals surface area contributed by atoms with Crippen LogP contribution in [0.15, 0.2) is 91.0 Å². The van der Waals surface area contributed by atoms with Crippen molar-refractivity contribution in [2.75, 3.05) is 6.61 Å². The molecule has 9 nitrogen and oxygen atoms in total. The van der Waals surface area contributed by atoms with E-state index in [1.807, 2.05) is 91.0 Å². The van der Waals surface area contributed by atoms with Crippen molar-refractivity contribution in [3.8, 4) is 0 Å². The number of benzene rings is 3. The van der Waals surface area contributed by atoms with E-state index in [0.29, 0.717) is 6.42 Å². The van der Waals surface area contributed by atoms with Crippen molar-refractivity contribution in [2.45, 2.75) is 110 Å². The normalized spacial score (nSPS) is 14.5. The quantitative estimate of drug-likeness (QED) is 0.0907. The topological polar surface area (TPSA) is 109 Å². The van der Waals surface area contributed by atoms with Crippen molar-refractivity contribution in [1.82, 2.24) is 5.32 Å². The summed E-state index contributed by atoms with van der Waals surface area (Å²) in [5.74, 6) is -2.01. The molecule has 0 saturated carbocycles. The maximum absolute atomic E-state index is 14.1. The van der Waals surface area contributed by atoms with Crippen LogP contribution in [0.1, 0.15) is 65.2 Å². The van der Waals surface area contributed by atoms with Gasteiger partial charge in [-0.15, -0.1) is 0 Å². The van der Waals surface area contributed by atoms with Gasteiger partial charge in [0.1, 0.15) is 18.3 Å². The van der Waals surface area contributed by atoms with E-state index in [2.05, 4.69) is 39.2 Å². The average Bonchev–Trinajstić information content (AvgIpc) is 3.04. The highest BCUT2D eigenvalue weighted by Crippen LogP contribution is 2.39. The SMILES string of the molecule is C[C@H](OC(=O)C(COCc1ccccc1)NC(=O)OC(C)(C)C)[C@@H](O[Si](C)(C)C(C)(C)C)[C@@H](Cc1ccccc1)C(=O)OCc1ccccc1. The van der Waals surface area contributed by atoms with Crippen molar-refractivity contribution in [3.05, 3.63) is 108 Å². The molecule has 3 rings (SSSR count). The Morgan fingerprint density at radius 3 is 1.72 bits per heavy atom. The number of hydrogen-bond acceptors (Lipinski definition) is 8. The van der Waals surface area contributed by atoms with Crippen molar-refractivity contribution in [1.29, 1.82) is 0 Å². The lowest BCUT2D eigenvalue weighted by Crippen LogP contribution is -2.53. The predicted octanol–water partition coefficient (Wildman–Crippen LogP) is 8.02. The molecule has 0 saturated heterocycles. The van der Waals surface area contributed by atoms with Crippen LogP contribution in [0.25, 0.3) is 0 Å². The van der Waals surface area contributed by atoms with Crippen LogP contribution in [0.4, 0.5) is 4.79 Å². The summed E-state index contributed by atoms with van der Waals surface area (Å²) in [5, 5.41) is 2.41. The molecule has 1 N–H and O–H groups in total. The summed E-state index contributed by atoms with van der Waals surface area (Å²) in [6, 6.07) is 27.4. The lowest BCUT2D eigenvalue weighted by atomic mass is 9.91. The molecule has 50 heavy (non-hydrogen) atoms. The van der Waals surface area contributed by atoms with E-state index >= 15 is 0 Å². The monoisotopic (exact) mass is 705 g/mol. The molecule has 0 heterocycles. The molecule has 1 amide bonds. The molecule has 0 radical (unpaired) electrons. The summed E-state index contributed by atoms with van der Waals surface area (Å²) in [6.07, 6.45) is -2.26. The first-order chi connectivity index (χ1) is 23.4. The summed E-state index contributed by atoms with van der Waals surface area (Å²) in [6.45, 7) is 17.6. The molecule has 0 fully saturated rings. The fourth-order valence-corrected chi connectivity index (χ4v) is 6.27. The second-order valence-corrected chi connectivity index (χ2v) is 19.8. The molecule has 3 aromatic rings. The zero-order valence-corrected chi connectivity index (χ0v) is 32.1. The third-order valence-corrected chi connectivity index (χ3v) is 13.1. The highest BCUT2D eigenvalue weighted by Gasteiger charge is 2.45. The number of esters is 2. The van der Waals surface area contributed by atoms with Crippen LogP contribution in [0.3, 0.4) is 0 Å². The van der Waals surface area contributed by atoms with Crippen LogP contribution >= 0.6 is 0 Å². The lowest BCUT2D eigenvalue weighted by molar-refractivity contribution is -0.167. The molecule has 0 bridgehead atoms. The van der Waals surface area contributed by atoms with Gasteiger partial charge in [-0.2, -0.15) is 0 Å². The molecule has 272 valence electrons. The highest BCUT2D eigenvalue weighted by molar-refractivity contribution is 6.74. The molecule has 4 atom stereocenters. The molecule has 0 spiro atoms. The van der Waals surface area contributed by atoms with Crippen molar-refractivity contribution in [2.24, 2.45) is 5.92 Å². The fraction of sp³-hybridized carbons (Fsp3) is 0.475. The smallest absolute Gasteiger partial charge is 0.408 e. The minimum atomic E-state index is -2.55. The van der Waals surface area contributed by atoms with Crippen LogP contribution in [0.5, 0.6) is 0 Å². The van der Waals surface area contributed by atoms with E-state index in [0.717, 1.165) is 16.7 Å². The second kappa shape index (κ2) is 18.3. The molecule has 1 unspecified atom stereocenters. The Kier molecular flexibility index (Phi) is 14.8. The van der Waals surface area contributed by atoms with Gasteiger partial charge in [-0.05, 0) is 68.9 Å². The number of hydrogen-bond donors (Lipinski definition) is 1. The summed E-state index contributed by atoms with van der Waals surface area (Å²) in [5.41, 5.74) is 1.89. The number of alkyl carbamates (subject to hydrolysis) is 1. The van der Waals surface area contributed by atoms with Crippen LogP contribution < -0.4 is 5.32 Å². The van der Waals surface area contributed by atoms with Gasteiger partial charge in [-0.3, -0.25) is 4.79 Å². The minimum absolute atomic E-state index is 0.0899. The molecule has 0 aliphatic heterocycles. The standard InChI is InChI=1S/C40H55NO8Si/c1-29(47-37(43)34(41-38(44)48-39(2,3)4)28-45-26-31-21-15-11-16-22-31)35(49-50(8,9)40(5,6)7)33(25-30-19-13-10-14-20-30)36(42)46-27-32-23-17-12-18-24-32/h10-24,29,33-35H,25-28H2,1-9H3,(H,41,44)/t29-,33+,34?,35+/m0/s1. The third kappa shape index (κ3) is 13.4. The summed E-state index contributed by atoms with van der Waals surface area (Å²) in [4.78, 5) is 40.8. The van der Waals surface area contributed by atoms with Crippen molar-refractivity contribution in [3.63, 3.8) is 0 Å². The van der Waals surface area contributed by atoms with E-state index in [1.165, 1.54) is 0 Å². The van der Waals surface area contributed by atoms with Gasteiger partial charge in [-0.1, -0.05) is 112 Å². The number of carbonyl (C=O) groups is 3. The first kappa shape index (κ1) is 40.4. The van der Waals surface area contributed by atoms with Gasteiger partial charge < -0.3 is 28.7 Å². The van der Waals surface area contributed by atoms with Gasteiger partial charge >= 0.3 is 18.0 Å². The molecule has 10 heteroatoms. The number of nitrogens with one attached hydrogen (secondary N) is 1. The largest absolute Gasteiger partial charge is 0.461 e. The molecule has 0 aromatic heterocycles. The van der Waals surface area contributed by atoms with Gasteiger partial charge in [0.15, 0.2) is 14.4 Å². The molecule has 0 aliphatic carbocycles. The Bertz CT molecular complexity index is 1490. The zero-order valence-electron chi connectivity index (χ0n) is 31.1. The van der Waals surface area contributed by atoms with Gasteiger partial charge in [0, 0.05) is 0 Å². The molecule has 3 aromatic carbocycles. The highest BCUT2D eigenvalue weighted by atomic mass is 28.4. The fourth-order valence-electron chi connectivity index (χ4n) is 4.88. The van der Waals surface area contributed by atoms with E-state index in [1.54, 1.807) is 27.7 Å². The van der Waals surface area contributed by atoms with Crippen molar-refractivity contribution < 1.29 is 37.8 Å². The Balaban J connectivity index is 1.93. The summed E-state index contributed by atoms with van der Waals surface area (Å²) in [7, 11) is -2.55. The Labute approximate surface area is 299 Å². The molecular weight excluding hydrogens is 651 g/mol. The number of amides is 1. The maximum atomic E-state index is 14.1. The van der Waals surface area contributed by atoms with E-state index in [4.69, 9.17) is 23.4 Å². The zero-order chi connectivity index (χ0) is 37.0. The predicted molar refractivity (Wildman–Crippen MR) is 197 cm³/mol. The lowest BCUT2D eigenvalue weighted by Gasteiger charge is -2.42.